The van der Waals surface area contributed by atoms with Gasteiger partial charge in [0.25, 0.3) is 0 Å². The van der Waals surface area contributed by atoms with E-state index in [9.17, 15) is 13.2 Å². The molecule has 0 atom stereocenters. The van der Waals surface area contributed by atoms with Crippen molar-refractivity contribution in [3.05, 3.63) is 35.9 Å². The Morgan fingerprint density at radius 2 is 1.88 bits per heavy atom. The van der Waals surface area contributed by atoms with Crippen LogP contribution in [-0.2, 0) is 21.2 Å². The number of benzene rings is 1. The summed E-state index contributed by atoms with van der Waals surface area (Å²) in [6.45, 7) is 0.333. The molecule has 1 aromatic rings. The summed E-state index contributed by atoms with van der Waals surface area (Å²) in [7, 11) is -2.13. The van der Waals surface area contributed by atoms with E-state index in [-0.39, 0.29) is 0 Å². The normalized spacial score (nSPS) is 11.6. The zero-order valence-electron chi connectivity index (χ0n) is 9.67. The average Bonchev–Trinajstić information content (AvgIpc) is 2.25. The Balaban J connectivity index is 2.55. The Morgan fingerprint density at radius 3 is 2.41 bits per heavy atom. The maximum absolute atomic E-state index is 11.6. The van der Waals surface area contributed by atoms with Crippen molar-refractivity contribution in [1.29, 1.82) is 0 Å². The van der Waals surface area contributed by atoms with Crippen molar-refractivity contribution in [3.8, 4) is 0 Å². The summed E-state index contributed by atoms with van der Waals surface area (Å²) >= 11 is 0. The fourth-order valence-corrected chi connectivity index (χ4v) is 2.31. The van der Waals surface area contributed by atoms with Gasteiger partial charge in [-0.1, -0.05) is 30.3 Å². The van der Waals surface area contributed by atoms with Gasteiger partial charge in [-0.15, -0.1) is 0 Å². The van der Waals surface area contributed by atoms with Crippen LogP contribution in [0, 0.1) is 0 Å². The lowest BCUT2D eigenvalue weighted by molar-refractivity contribution is -0.115. The van der Waals surface area contributed by atoms with Gasteiger partial charge in [0.2, 0.25) is 15.9 Å². The van der Waals surface area contributed by atoms with Gasteiger partial charge in [-0.05, 0) is 12.0 Å². The number of sulfonamides is 1. The molecule has 0 saturated carbocycles. The van der Waals surface area contributed by atoms with Gasteiger partial charge in [-0.25, -0.2) is 12.7 Å². The number of amides is 1. The monoisotopic (exact) mass is 256 g/mol. The van der Waals surface area contributed by atoms with Gasteiger partial charge in [-0.2, -0.15) is 0 Å². The Kier molecular flexibility index (Phi) is 4.65. The predicted molar refractivity (Wildman–Crippen MR) is 65.8 cm³/mol. The van der Waals surface area contributed by atoms with E-state index < -0.39 is 21.7 Å². The second kappa shape index (κ2) is 5.79. The van der Waals surface area contributed by atoms with Gasteiger partial charge in [-0.3, -0.25) is 4.79 Å². The van der Waals surface area contributed by atoms with Crippen LogP contribution in [-0.4, -0.2) is 38.0 Å². The van der Waals surface area contributed by atoms with Crippen molar-refractivity contribution in [2.45, 2.75) is 6.42 Å². The van der Waals surface area contributed by atoms with Crippen molar-refractivity contribution < 1.29 is 13.2 Å². The van der Waals surface area contributed by atoms with E-state index in [2.05, 4.69) is 0 Å². The molecule has 6 heteroatoms. The zero-order chi connectivity index (χ0) is 12.9. The Hall–Kier alpha value is -1.40. The minimum Gasteiger partial charge on any atom is -0.369 e. The van der Waals surface area contributed by atoms with Crippen molar-refractivity contribution in [2.24, 2.45) is 5.73 Å². The third kappa shape index (κ3) is 4.54. The first kappa shape index (κ1) is 13.7. The minimum absolute atomic E-state index is 0.333. The molecule has 0 aliphatic carbocycles. The molecule has 0 bridgehead atoms. The highest BCUT2D eigenvalue weighted by Gasteiger charge is 2.19. The molecule has 1 rings (SSSR count). The van der Waals surface area contributed by atoms with Crippen molar-refractivity contribution in [2.75, 3.05) is 19.3 Å². The molecule has 0 unspecified atom stereocenters. The molecule has 0 aromatic heterocycles. The molecule has 0 spiro atoms. The Labute approximate surface area is 101 Å². The number of hydrogen-bond donors (Lipinski definition) is 1. The standard InChI is InChI=1S/C11H16N2O3S/c1-13(17(15,16)9-11(12)14)8-7-10-5-3-2-4-6-10/h2-6H,7-9H2,1H3,(H2,12,14). The summed E-state index contributed by atoms with van der Waals surface area (Å²) in [6, 6.07) is 9.54. The van der Waals surface area contributed by atoms with Gasteiger partial charge in [0, 0.05) is 13.6 Å². The summed E-state index contributed by atoms with van der Waals surface area (Å²) in [5.41, 5.74) is 5.93. The van der Waals surface area contributed by atoms with Crippen LogP contribution in [0.2, 0.25) is 0 Å². The van der Waals surface area contributed by atoms with E-state index in [1.54, 1.807) is 0 Å². The number of carbonyl (C=O) groups excluding carboxylic acids is 1. The van der Waals surface area contributed by atoms with Crippen LogP contribution in [0.1, 0.15) is 5.56 Å². The van der Waals surface area contributed by atoms with E-state index in [4.69, 9.17) is 5.73 Å². The molecule has 0 aliphatic heterocycles. The number of likely N-dealkylation sites (N-methyl/N-ethyl adjacent to an activating group) is 1. The number of nitrogens with two attached hydrogens (primary N) is 1. The molecular weight excluding hydrogens is 240 g/mol. The lowest BCUT2D eigenvalue weighted by Crippen LogP contribution is -2.36. The first-order chi connectivity index (χ1) is 7.92. The van der Waals surface area contributed by atoms with Gasteiger partial charge in [0.05, 0.1) is 0 Å². The fraction of sp³-hybridized carbons (Fsp3) is 0.364. The highest BCUT2D eigenvalue weighted by molar-refractivity contribution is 7.89. The van der Waals surface area contributed by atoms with E-state index in [0.717, 1.165) is 9.87 Å². The SMILES string of the molecule is CN(CCc1ccccc1)S(=O)(=O)CC(N)=O. The minimum atomic E-state index is -3.57. The average molecular weight is 256 g/mol. The number of nitrogens with zero attached hydrogens (tertiary/aromatic N) is 1. The van der Waals surface area contributed by atoms with Crippen LogP contribution < -0.4 is 5.73 Å². The van der Waals surface area contributed by atoms with E-state index in [1.165, 1.54) is 7.05 Å². The number of hydrogen-bond acceptors (Lipinski definition) is 3. The lowest BCUT2D eigenvalue weighted by Gasteiger charge is -2.15. The molecule has 1 aromatic carbocycles. The molecule has 0 fully saturated rings. The van der Waals surface area contributed by atoms with Gasteiger partial charge < -0.3 is 5.73 Å². The molecule has 17 heavy (non-hydrogen) atoms. The zero-order valence-corrected chi connectivity index (χ0v) is 10.5. The highest BCUT2D eigenvalue weighted by atomic mass is 32.2. The molecule has 0 aliphatic rings. The first-order valence-corrected chi connectivity index (χ1v) is 6.79. The van der Waals surface area contributed by atoms with Crippen LogP contribution in [0.3, 0.4) is 0 Å². The van der Waals surface area contributed by atoms with Gasteiger partial charge >= 0.3 is 0 Å². The third-order valence-corrected chi connectivity index (χ3v) is 4.14. The summed E-state index contributed by atoms with van der Waals surface area (Å²) < 4.78 is 24.3. The molecule has 0 radical (unpaired) electrons. The van der Waals surface area contributed by atoms with Crippen LogP contribution in [0.5, 0.6) is 0 Å². The molecule has 5 nitrogen and oxygen atoms in total. The number of carbonyl (C=O) groups is 1. The van der Waals surface area contributed by atoms with Crippen LogP contribution in [0.15, 0.2) is 30.3 Å². The summed E-state index contributed by atoms with van der Waals surface area (Å²) in [4.78, 5) is 10.6. The summed E-state index contributed by atoms with van der Waals surface area (Å²) in [6.07, 6.45) is 0.606. The van der Waals surface area contributed by atoms with E-state index in [0.29, 0.717) is 13.0 Å². The maximum atomic E-state index is 11.6. The predicted octanol–water partition coefficient (Wildman–Crippen LogP) is -0.0240. The van der Waals surface area contributed by atoms with E-state index >= 15 is 0 Å². The van der Waals surface area contributed by atoms with Crippen molar-refractivity contribution in [3.63, 3.8) is 0 Å². The first-order valence-electron chi connectivity index (χ1n) is 5.18. The highest BCUT2D eigenvalue weighted by Crippen LogP contribution is 2.03. The molecule has 0 heterocycles. The largest absolute Gasteiger partial charge is 0.369 e. The summed E-state index contributed by atoms with van der Waals surface area (Å²) in [5.74, 6) is -1.48. The Bertz CT molecular complexity index is 471. The summed E-state index contributed by atoms with van der Waals surface area (Å²) in [5, 5.41) is 0. The molecule has 1 amide bonds. The van der Waals surface area contributed by atoms with Crippen LogP contribution >= 0.6 is 0 Å². The van der Waals surface area contributed by atoms with E-state index in [1.807, 2.05) is 30.3 Å². The molecule has 2 N–H and O–H groups in total. The van der Waals surface area contributed by atoms with Crippen LogP contribution in [0.4, 0.5) is 0 Å². The molecular formula is C11H16N2O3S. The van der Waals surface area contributed by atoms with Crippen LogP contribution in [0.25, 0.3) is 0 Å². The lowest BCUT2D eigenvalue weighted by atomic mass is 10.2. The smallest absolute Gasteiger partial charge is 0.234 e. The van der Waals surface area contributed by atoms with Gasteiger partial charge in [0.15, 0.2) is 0 Å². The van der Waals surface area contributed by atoms with Crippen molar-refractivity contribution in [1.82, 2.24) is 4.31 Å². The number of primary amides is 1. The number of rotatable bonds is 6. The third-order valence-electron chi connectivity index (χ3n) is 2.36. The molecule has 0 saturated heterocycles. The Morgan fingerprint density at radius 1 is 1.29 bits per heavy atom. The maximum Gasteiger partial charge on any atom is 0.234 e. The second-order valence-electron chi connectivity index (χ2n) is 3.78. The fourth-order valence-electron chi connectivity index (χ4n) is 1.36. The molecule has 94 valence electrons. The quantitative estimate of drug-likeness (QED) is 0.776. The topological polar surface area (TPSA) is 80.5 Å². The second-order valence-corrected chi connectivity index (χ2v) is 5.86. The van der Waals surface area contributed by atoms with Gasteiger partial charge in [0.1, 0.15) is 5.75 Å². The van der Waals surface area contributed by atoms with Crippen molar-refractivity contribution >= 4 is 15.9 Å².